The van der Waals surface area contributed by atoms with Gasteiger partial charge in [0.15, 0.2) is 15.9 Å². The van der Waals surface area contributed by atoms with E-state index in [0.29, 0.717) is 19.7 Å². The molecule has 0 aliphatic carbocycles. The maximum atomic E-state index is 13.7. The van der Waals surface area contributed by atoms with Crippen LogP contribution in [0.25, 0.3) is 10.2 Å². The van der Waals surface area contributed by atoms with Gasteiger partial charge in [-0.1, -0.05) is 23.9 Å². The average molecular weight is 437 g/mol. The highest BCUT2D eigenvalue weighted by Gasteiger charge is 2.25. The molecule has 1 atom stereocenters. The third-order valence-electron chi connectivity index (χ3n) is 4.40. The molecule has 0 saturated carbocycles. The van der Waals surface area contributed by atoms with Crippen molar-refractivity contribution in [2.24, 2.45) is 0 Å². The van der Waals surface area contributed by atoms with E-state index in [0.717, 1.165) is 32.8 Å². The van der Waals surface area contributed by atoms with Crippen molar-refractivity contribution in [1.82, 2.24) is 9.88 Å². The Balaban J connectivity index is 1.29. The van der Waals surface area contributed by atoms with Crippen LogP contribution in [-0.4, -0.2) is 54.0 Å². The van der Waals surface area contributed by atoms with Gasteiger partial charge in [-0.3, -0.25) is 4.79 Å². The highest BCUT2D eigenvalue weighted by molar-refractivity contribution is 8.01. The van der Waals surface area contributed by atoms with Crippen molar-refractivity contribution in [3.05, 3.63) is 54.1 Å². The minimum Gasteiger partial charge on any atom is -0.488 e. The molecule has 0 spiro atoms. The maximum absolute atomic E-state index is 13.7. The SMILES string of the molecule is O=C(CSc1nc2ccccc2s1)N1CCOC(COc2cc(F)ccc2F)C1. The van der Waals surface area contributed by atoms with Crippen LogP contribution in [0.4, 0.5) is 8.78 Å². The van der Waals surface area contributed by atoms with E-state index in [1.807, 2.05) is 24.3 Å². The second kappa shape index (κ2) is 9.06. The Kier molecular flexibility index (Phi) is 6.27. The quantitative estimate of drug-likeness (QED) is 0.548. The van der Waals surface area contributed by atoms with Crippen LogP contribution in [0.5, 0.6) is 5.75 Å². The molecule has 2 aromatic carbocycles. The van der Waals surface area contributed by atoms with Crippen LogP contribution >= 0.6 is 23.1 Å². The Labute approximate surface area is 174 Å². The Morgan fingerprint density at radius 1 is 1.31 bits per heavy atom. The second-order valence-electron chi connectivity index (χ2n) is 6.45. The van der Waals surface area contributed by atoms with Gasteiger partial charge in [0.25, 0.3) is 0 Å². The lowest BCUT2D eigenvalue weighted by Crippen LogP contribution is -2.48. The first-order valence-corrected chi connectivity index (χ1v) is 10.8. The predicted molar refractivity (Wildman–Crippen MR) is 109 cm³/mol. The average Bonchev–Trinajstić information content (AvgIpc) is 3.16. The molecule has 1 aliphatic rings. The summed E-state index contributed by atoms with van der Waals surface area (Å²) < 4.78 is 39.8. The Morgan fingerprint density at radius 3 is 3.03 bits per heavy atom. The van der Waals surface area contributed by atoms with Crippen molar-refractivity contribution in [2.45, 2.75) is 10.4 Å². The number of nitrogens with zero attached hydrogens (tertiary/aromatic N) is 2. The van der Waals surface area contributed by atoms with Crippen molar-refractivity contribution < 1.29 is 23.0 Å². The lowest BCUT2D eigenvalue weighted by atomic mass is 10.2. The Morgan fingerprint density at radius 2 is 2.17 bits per heavy atom. The first kappa shape index (κ1) is 20.1. The van der Waals surface area contributed by atoms with E-state index in [1.54, 1.807) is 16.2 Å². The van der Waals surface area contributed by atoms with Crippen LogP contribution in [0.1, 0.15) is 0 Å². The molecule has 3 aromatic rings. The minimum absolute atomic E-state index is 0.0144. The predicted octanol–water partition coefficient (Wildman–Crippen LogP) is 3.97. The summed E-state index contributed by atoms with van der Waals surface area (Å²) in [7, 11) is 0. The normalized spacial score (nSPS) is 16.9. The molecule has 9 heteroatoms. The zero-order valence-corrected chi connectivity index (χ0v) is 17.0. The van der Waals surface area contributed by atoms with Gasteiger partial charge in [-0.25, -0.2) is 13.8 Å². The summed E-state index contributed by atoms with van der Waals surface area (Å²) in [5.41, 5.74) is 0.931. The number of para-hydroxylation sites is 1. The molecular formula is C20H18F2N2O3S2. The number of hydrogen-bond acceptors (Lipinski definition) is 6. The summed E-state index contributed by atoms with van der Waals surface area (Å²) in [5.74, 6) is -1.11. The van der Waals surface area contributed by atoms with Crippen LogP contribution in [0.15, 0.2) is 46.8 Å². The fraction of sp³-hybridized carbons (Fsp3) is 0.300. The van der Waals surface area contributed by atoms with Crippen molar-refractivity contribution >= 4 is 39.2 Å². The van der Waals surface area contributed by atoms with Gasteiger partial charge < -0.3 is 14.4 Å². The van der Waals surface area contributed by atoms with Crippen molar-refractivity contribution in [3.8, 4) is 5.75 Å². The Hall–Kier alpha value is -2.23. The van der Waals surface area contributed by atoms with Crippen molar-refractivity contribution in [1.29, 1.82) is 0 Å². The number of ether oxygens (including phenoxy) is 2. The summed E-state index contributed by atoms with van der Waals surface area (Å²) >= 11 is 2.98. The number of fused-ring (bicyclic) bond motifs is 1. The van der Waals surface area contributed by atoms with Crippen LogP contribution in [-0.2, 0) is 9.53 Å². The van der Waals surface area contributed by atoms with Gasteiger partial charge in [0.05, 0.1) is 29.1 Å². The highest BCUT2D eigenvalue weighted by Crippen LogP contribution is 2.29. The number of thiazole rings is 1. The van der Waals surface area contributed by atoms with Gasteiger partial charge in [0, 0.05) is 12.6 Å². The first-order valence-electron chi connectivity index (χ1n) is 9.04. The number of carbonyl (C=O) groups is 1. The minimum atomic E-state index is -0.637. The smallest absolute Gasteiger partial charge is 0.233 e. The molecule has 5 nitrogen and oxygen atoms in total. The molecule has 2 heterocycles. The van der Waals surface area contributed by atoms with Gasteiger partial charge in [-0.15, -0.1) is 11.3 Å². The van der Waals surface area contributed by atoms with E-state index in [1.165, 1.54) is 11.8 Å². The summed E-state index contributed by atoms with van der Waals surface area (Å²) in [6.45, 7) is 1.24. The van der Waals surface area contributed by atoms with Gasteiger partial charge in [0.2, 0.25) is 5.91 Å². The first-order chi connectivity index (χ1) is 14.1. The van der Waals surface area contributed by atoms with E-state index in [4.69, 9.17) is 9.47 Å². The molecule has 1 unspecified atom stereocenters. The van der Waals surface area contributed by atoms with Crippen molar-refractivity contribution in [3.63, 3.8) is 0 Å². The Bertz CT molecular complexity index is 981. The number of hydrogen-bond donors (Lipinski definition) is 0. The van der Waals surface area contributed by atoms with E-state index in [2.05, 4.69) is 4.98 Å². The highest BCUT2D eigenvalue weighted by atomic mass is 32.2. The largest absolute Gasteiger partial charge is 0.488 e. The maximum Gasteiger partial charge on any atom is 0.233 e. The van der Waals surface area contributed by atoms with Crippen molar-refractivity contribution in [2.75, 3.05) is 32.1 Å². The molecule has 29 heavy (non-hydrogen) atoms. The number of carbonyl (C=O) groups excluding carboxylic acids is 1. The topological polar surface area (TPSA) is 51.7 Å². The van der Waals surface area contributed by atoms with Gasteiger partial charge in [-0.2, -0.15) is 0 Å². The fourth-order valence-electron chi connectivity index (χ4n) is 2.94. The number of benzene rings is 2. The zero-order chi connectivity index (χ0) is 20.2. The molecule has 152 valence electrons. The van der Waals surface area contributed by atoms with E-state index < -0.39 is 17.7 Å². The van der Waals surface area contributed by atoms with E-state index in [9.17, 15) is 13.6 Å². The monoisotopic (exact) mass is 436 g/mol. The van der Waals surface area contributed by atoms with Gasteiger partial charge >= 0.3 is 0 Å². The fourth-order valence-corrected chi connectivity index (χ4v) is 4.92. The number of rotatable bonds is 6. The molecule has 1 fully saturated rings. The summed E-state index contributed by atoms with van der Waals surface area (Å²) in [5, 5.41) is 0. The molecule has 4 rings (SSSR count). The molecular weight excluding hydrogens is 418 g/mol. The van der Waals surface area contributed by atoms with Gasteiger partial charge in [0.1, 0.15) is 18.5 Å². The zero-order valence-electron chi connectivity index (χ0n) is 15.3. The molecule has 1 aliphatic heterocycles. The van der Waals surface area contributed by atoms with Crippen LogP contribution in [0.2, 0.25) is 0 Å². The third-order valence-corrected chi connectivity index (χ3v) is 6.57. The number of morpholine rings is 1. The van der Waals surface area contributed by atoms with Gasteiger partial charge in [-0.05, 0) is 24.3 Å². The molecule has 1 amide bonds. The van der Waals surface area contributed by atoms with Crippen LogP contribution < -0.4 is 4.74 Å². The van der Waals surface area contributed by atoms with E-state index >= 15 is 0 Å². The summed E-state index contributed by atoms with van der Waals surface area (Å²) in [6.07, 6.45) is -0.400. The third kappa shape index (κ3) is 5.04. The molecule has 1 aromatic heterocycles. The number of amides is 1. The molecule has 0 radical (unpaired) electrons. The lowest BCUT2D eigenvalue weighted by Gasteiger charge is -2.32. The standard InChI is InChI=1S/C20H18F2N2O3S2/c21-13-5-6-15(22)17(9-13)27-11-14-10-24(7-8-26-14)19(25)12-28-20-23-16-3-1-2-4-18(16)29-20/h1-6,9,14H,7-8,10-12H2. The number of halogens is 2. The molecule has 1 saturated heterocycles. The van der Waals surface area contributed by atoms with Crippen LogP contribution in [0, 0.1) is 11.6 Å². The molecule has 0 bridgehead atoms. The number of aromatic nitrogens is 1. The summed E-state index contributed by atoms with van der Waals surface area (Å²) in [4.78, 5) is 18.8. The molecule has 0 N–H and O–H groups in total. The second-order valence-corrected chi connectivity index (χ2v) is 8.71. The number of thioether (sulfide) groups is 1. The summed E-state index contributed by atoms with van der Waals surface area (Å²) in [6, 6.07) is 10.9. The van der Waals surface area contributed by atoms with Crippen LogP contribution in [0.3, 0.4) is 0 Å². The van der Waals surface area contributed by atoms with E-state index in [-0.39, 0.29) is 24.0 Å². The lowest BCUT2D eigenvalue weighted by molar-refractivity contribution is -0.137.